The first-order valence-electron chi connectivity index (χ1n) is 8.78. The molecule has 0 bridgehead atoms. The summed E-state index contributed by atoms with van der Waals surface area (Å²) in [5.74, 6) is 0.159. The first-order chi connectivity index (χ1) is 13.8. The minimum absolute atomic E-state index is 0.145. The maximum Gasteiger partial charge on any atom is 0.315 e. The van der Waals surface area contributed by atoms with Crippen molar-refractivity contribution < 1.29 is 26.7 Å². The third kappa shape index (κ3) is 8.44. The van der Waals surface area contributed by atoms with Gasteiger partial charge in [-0.1, -0.05) is 36.4 Å². The molecule has 158 valence electrons. The van der Waals surface area contributed by atoms with E-state index >= 15 is 0 Å². The zero-order valence-corrected chi connectivity index (χ0v) is 16.6. The van der Waals surface area contributed by atoms with E-state index in [1.807, 2.05) is 0 Å². The Bertz CT molecular complexity index is 923. The molecule has 2 amide bonds. The molecule has 7 nitrogen and oxygen atoms in total. The van der Waals surface area contributed by atoms with Gasteiger partial charge in [0.25, 0.3) is 6.43 Å². The van der Waals surface area contributed by atoms with Gasteiger partial charge < -0.3 is 15.4 Å². The van der Waals surface area contributed by atoms with E-state index in [-0.39, 0.29) is 18.8 Å². The lowest BCUT2D eigenvalue weighted by atomic mass is 10.1. The average Bonchev–Trinajstić information content (AvgIpc) is 2.69. The van der Waals surface area contributed by atoms with Crippen molar-refractivity contribution in [3.63, 3.8) is 0 Å². The van der Waals surface area contributed by atoms with Gasteiger partial charge in [-0.2, -0.15) is 0 Å². The van der Waals surface area contributed by atoms with Crippen LogP contribution in [0.15, 0.2) is 48.5 Å². The van der Waals surface area contributed by atoms with Gasteiger partial charge in [0.05, 0.1) is 5.75 Å². The van der Waals surface area contributed by atoms with Crippen molar-refractivity contribution in [2.45, 2.75) is 25.3 Å². The lowest BCUT2D eigenvalue weighted by Gasteiger charge is -2.10. The minimum atomic E-state index is -3.37. The van der Waals surface area contributed by atoms with E-state index in [2.05, 4.69) is 15.4 Å². The minimum Gasteiger partial charge on any atom is -0.488 e. The van der Waals surface area contributed by atoms with Crippen molar-refractivity contribution in [1.82, 2.24) is 15.4 Å². The van der Waals surface area contributed by atoms with Crippen LogP contribution in [-0.4, -0.2) is 34.5 Å². The van der Waals surface area contributed by atoms with E-state index in [0.29, 0.717) is 16.9 Å². The number of sulfonamides is 1. The van der Waals surface area contributed by atoms with Crippen molar-refractivity contribution in [3.8, 4) is 5.75 Å². The molecule has 10 heteroatoms. The van der Waals surface area contributed by atoms with Gasteiger partial charge in [0.15, 0.2) is 0 Å². The Balaban J connectivity index is 1.82. The summed E-state index contributed by atoms with van der Waals surface area (Å²) in [6.45, 7) is -0.277. The van der Waals surface area contributed by atoms with Crippen LogP contribution in [-0.2, 0) is 28.9 Å². The number of nitrogens with one attached hydrogen (secondary N) is 3. The summed E-state index contributed by atoms with van der Waals surface area (Å²) in [7, 11) is -2.02. The van der Waals surface area contributed by atoms with Crippen LogP contribution in [0.25, 0.3) is 0 Å². The third-order valence-electron chi connectivity index (χ3n) is 3.84. The molecule has 0 spiro atoms. The van der Waals surface area contributed by atoms with Crippen molar-refractivity contribution in [2.24, 2.45) is 0 Å². The molecule has 0 radical (unpaired) electrons. The van der Waals surface area contributed by atoms with Crippen molar-refractivity contribution in [1.29, 1.82) is 0 Å². The Morgan fingerprint density at radius 3 is 2.21 bits per heavy atom. The molecule has 2 aromatic carbocycles. The lowest BCUT2D eigenvalue weighted by molar-refractivity contribution is 0.0818. The number of benzene rings is 2. The highest BCUT2D eigenvalue weighted by Crippen LogP contribution is 2.14. The largest absolute Gasteiger partial charge is 0.488 e. The Labute approximate surface area is 168 Å². The lowest BCUT2D eigenvalue weighted by Crippen LogP contribution is -2.34. The van der Waals surface area contributed by atoms with E-state index in [0.717, 1.165) is 5.56 Å². The van der Waals surface area contributed by atoms with E-state index in [1.165, 1.54) is 7.05 Å². The Kier molecular flexibility index (Phi) is 8.34. The van der Waals surface area contributed by atoms with Crippen LogP contribution < -0.4 is 20.1 Å². The van der Waals surface area contributed by atoms with Crippen LogP contribution in [0.3, 0.4) is 0 Å². The fourth-order valence-corrected chi connectivity index (χ4v) is 3.22. The number of carbonyl (C=O) groups excluding carboxylic acids is 1. The van der Waals surface area contributed by atoms with Crippen LogP contribution in [0.2, 0.25) is 0 Å². The van der Waals surface area contributed by atoms with E-state index in [9.17, 15) is 22.0 Å². The van der Waals surface area contributed by atoms with Gasteiger partial charge in [-0.05, 0) is 35.9 Å². The third-order valence-corrected chi connectivity index (χ3v) is 5.18. The summed E-state index contributed by atoms with van der Waals surface area (Å²) >= 11 is 0. The molecule has 0 saturated carbocycles. The van der Waals surface area contributed by atoms with Crippen LogP contribution in [0.5, 0.6) is 5.75 Å². The van der Waals surface area contributed by atoms with Crippen LogP contribution >= 0.6 is 0 Å². The van der Waals surface area contributed by atoms with Gasteiger partial charge >= 0.3 is 6.03 Å². The molecule has 0 aliphatic carbocycles. The molecule has 3 N–H and O–H groups in total. The van der Waals surface area contributed by atoms with Gasteiger partial charge in [-0.3, -0.25) is 0 Å². The summed E-state index contributed by atoms with van der Waals surface area (Å²) in [6, 6.07) is 13.0. The van der Waals surface area contributed by atoms with Gasteiger partial charge in [-0.25, -0.2) is 26.7 Å². The molecule has 0 heterocycles. The quantitative estimate of drug-likeness (QED) is 0.542. The van der Waals surface area contributed by atoms with Crippen molar-refractivity contribution in [2.75, 3.05) is 13.7 Å². The SMILES string of the molecule is CNS(=O)(=O)Cc1cccc(CNC(=O)NCc2cccc(OCC(F)F)c2)c1. The van der Waals surface area contributed by atoms with E-state index in [4.69, 9.17) is 4.74 Å². The highest BCUT2D eigenvalue weighted by Gasteiger charge is 2.09. The summed E-state index contributed by atoms with van der Waals surface area (Å²) in [4.78, 5) is 12.0. The molecular formula is C19H23F2N3O4S. The van der Waals surface area contributed by atoms with Crippen LogP contribution in [0, 0.1) is 0 Å². The van der Waals surface area contributed by atoms with Crippen molar-refractivity contribution >= 4 is 16.1 Å². The summed E-state index contributed by atoms with van der Waals surface area (Å²) < 4.78 is 54.9. The first kappa shape index (κ1) is 22.6. The maximum atomic E-state index is 12.2. The van der Waals surface area contributed by atoms with Crippen LogP contribution in [0.1, 0.15) is 16.7 Å². The summed E-state index contributed by atoms with van der Waals surface area (Å²) in [6.07, 6.45) is -2.56. The van der Waals surface area contributed by atoms with E-state index in [1.54, 1.807) is 48.5 Å². The number of hydrogen-bond acceptors (Lipinski definition) is 4. The predicted octanol–water partition coefficient (Wildman–Crippen LogP) is 2.38. The second-order valence-electron chi connectivity index (χ2n) is 6.17. The monoisotopic (exact) mass is 427 g/mol. The number of ether oxygens (including phenoxy) is 1. The molecule has 0 fully saturated rings. The number of amides is 2. The highest BCUT2D eigenvalue weighted by atomic mass is 32.2. The molecule has 0 aliphatic heterocycles. The molecule has 2 aromatic rings. The molecule has 0 unspecified atom stereocenters. The van der Waals surface area contributed by atoms with E-state index < -0.39 is 29.1 Å². The maximum absolute atomic E-state index is 12.2. The number of carbonyl (C=O) groups is 1. The summed E-state index contributed by atoms with van der Waals surface area (Å²) in [5.41, 5.74) is 2.07. The molecule has 0 atom stereocenters. The number of urea groups is 1. The smallest absolute Gasteiger partial charge is 0.315 e. The zero-order valence-electron chi connectivity index (χ0n) is 15.8. The molecule has 29 heavy (non-hydrogen) atoms. The topological polar surface area (TPSA) is 96.5 Å². The Morgan fingerprint density at radius 2 is 1.59 bits per heavy atom. The Morgan fingerprint density at radius 1 is 1.00 bits per heavy atom. The second kappa shape index (κ2) is 10.7. The Hall–Kier alpha value is -2.72. The number of rotatable bonds is 10. The van der Waals surface area contributed by atoms with Gasteiger partial charge in [0.1, 0.15) is 12.4 Å². The number of halogens is 2. The fraction of sp³-hybridized carbons (Fsp3) is 0.316. The number of alkyl halides is 2. The highest BCUT2D eigenvalue weighted by molar-refractivity contribution is 7.88. The molecule has 2 rings (SSSR count). The van der Waals surface area contributed by atoms with Gasteiger partial charge in [-0.15, -0.1) is 0 Å². The number of hydrogen-bond donors (Lipinski definition) is 3. The normalized spacial score (nSPS) is 11.3. The predicted molar refractivity (Wildman–Crippen MR) is 105 cm³/mol. The summed E-state index contributed by atoms with van der Waals surface area (Å²) in [5, 5.41) is 5.35. The van der Waals surface area contributed by atoms with Crippen LogP contribution in [0.4, 0.5) is 13.6 Å². The van der Waals surface area contributed by atoms with Gasteiger partial charge in [0.2, 0.25) is 10.0 Å². The van der Waals surface area contributed by atoms with Gasteiger partial charge in [0, 0.05) is 13.1 Å². The second-order valence-corrected chi connectivity index (χ2v) is 8.10. The van der Waals surface area contributed by atoms with Crippen molar-refractivity contribution in [3.05, 3.63) is 65.2 Å². The molecular weight excluding hydrogens is 404 g/mol. The first-order valence-corrected chi connectivity index (χ1v) is 10.4. The standard InChI is InChI=1S/C19H23F2N3O4S/c1-22-29(26,27)13-16-6-2-4-14(8-16)10-23-19(25)24-11-15-5-3-7-17(9-15)28-12-18(20)21/h2-9,18,22H,10-13H2,1H3,(H2,23,24,25). The molecule has 0 aliphatic rings. The molecule has 0 saturated heterocycles. The average molecular weight is 427 g/mol. The fourth-order valence-electron chi connectivity index (χ4n) is 2.45. The molecule has 0 aromatic heterocycles. The zero-order chi connectivity index (χ0) is 21.3.